The number of benzene rings is 3. The number of phenols is 2. The number of aromatic hydroxyl groups is 2. The van der Waals surface area contributed by atoms with Crippen LogP contribution < -0.4 is 0 Å². The summed E-state index contributed by atoms with van der Waals surface area (Å²) in [6.45, 7) is 4.25. The van der Waals surface area contributed by atoms with Gasteiger partial charge in [0.15, 0.2) is 0 Å². The van der Waals surface area contributed by atoms with Crippen LogP contribution in [-0.4, -0.2) is 16.4 Å². The van der Waals surface area contributed by atoms with Gasteiger partial charge in [0, 0.05) is 11.8 Å². The zero-order valence-corrected chi connectivity index (χ0v) is 17.6. The zero-order chi connectivity index (χ0) is 20.1. The van der Waals surface area contributed by atoms with Crippen molar-refractivity contribution in [1.82, 2.24) is 0 Å². The van der Waals surface area contributed by atoms with Gasteiger partial charge in [0.2, 0.25) is 0 Å². The first-order valence-electron chi connectivity index (χ1n) is 9.40. The molecule has 0 spiro atoms. The number of aliphatic imine (C=N–C) groups is 1. The van der Waals surface area contributed by atoms with E-state index >= 15 is 0 Å². The summed E-state index contributed by atoms with van der Waals surface area (Å²) >= 11 is 3.42. The van der Waals surface area contributed by atoms with Crippen LogP contribution in [0.15, 0.2) is 70.1 Å². The van der Waals surface area contributed by atoms with Gasteiger partial charge in [-0.25, -0.2) is 0 Å². The maximum absolute atomic E-state index is 10.4. The molecule has 3 rings (SSSR count). The molecule has 0 aliphatic carbocycles. The molecule has 0 aliphatic heterocycles. The lowest BCUT2D eigenvalue weighted by molar-refractivity contribution is 0.470. The van der Waals surface area contributed by atoms with E-state index in [1.165, 1.54) is 5.56 Å². The van der Waals surface area contributed by atoms with Crippen LogP contribution in [0.1, 0.15) is 48.4 Å². The maximum atomic E-state index is 10.4. The second-order valence-electron chi connectivity index (χ2n) is 6.99. The molecule has 0 aromatic heterocycles. The van der Waals surface area contributed by atoms with Crippen LogP contribution in [0, 0.1) is 0 Å². The highest BCUT2D eigenvalue weighted by molar-refractivity contribution is 9.10. The Morgan fingerprint density at radius 1 is 1.00 bits per heavy atom. The van der Waals surface area contributed by atoms with Crippen molar-refractivity contribution in [2.45, 2.75) is 32.6 Å². The summed E-state index contributed by atoms with van der Waals surface area (Å²) in [5, 5.41) is 20.7. The van der Waals surface area contributed by atoms with Gasteiger partial charge in [-0.1, -0.05) is 50.2 Å². The summed E-state index contributed by atoms with van der Waals surface area (Å²) in [5.74, 6) is 0.669. The van der Waals surface area contributed by atoms with Gasteiger partial charge in [0.05, 0.1) is 4.47 Å². The monoisotopic (exact) mass is 437 g/mol. The molecule has 2 N–H and O–H groups in total. The summed E-state index contributed by atoms with van der Waals surface area (Å²) in [5.41, 5.74) is 4.44. The van der Waals surface area contributed by atoms with Gasteiger partial charge >= 0.3 is 0 Å². The van der Waals surface area contributed by atoms with Crippen molar-refractivity contribution in [1.29, 1.82) is 0 Å². The van der Waals surface area contributed by atoms with Crippen LogP contribution >= 0.6 is 15.9 Å². The molecule has 0 fully saturated rings. The first kappa shape index (κ1) is 20.2. The second-order valence-corrected chi connectivity index (χ2v) is 7.85. The number of hydrogen-bond donors (Lipinski definition) is 2. The lowest BCUT2D eigenvalue weighted by atomic mass is 9.98. The predicted molar refractivity (Wildman–Crippen MR) is 119 cm³/mol. The molecule has 144 valence electrons. The largest absolute Gasteiger partial charge is 0.506 e. The fraction of sp³-hybridized carbons (Fsp3) is 0.208. The van der Waals surface area contributed by atoms with Crippen molar-refractivity contribution >= 4 is 27.8 Å². The Kier molecular flexibility index (Phi) is 6.53. The summed E-state index contributed by atoms with van der Waals surface area (Å²) in [6, 6.07) is 19.6. The molecular formula is C24H24BrNO2. The zero-order valence-electron chi connectivity index (χ0n) is 16.1. The minimum atomic E-state index is 0.135. The van der Waals surface area contributed by atoms with Crippen molar-refractivity contribution in [2.75, 3.05) is 0 Å². The highest BCUT2D eigenvalue weighted by atomic mass is 79.9. The summed E-state index contributed by atoms with van der Waals surface area (Å²) in [6.07, 6.45) is 3.36. The van der Waals surface area contributed by atoms with E-state index < -0.39 is 0 Å². The first-order chi connectivity index (χ1) is 13.5. The molecule has 0 amide bonds. The highest BCUT2D eigenvalue weighted by Gasteiger charge is 2.09. The molecule has 3 nitrogen and oxygen atoms in total. The van der Waals surface area contributed by atoms with Crippen LogP contribution in [0.5, 0.6) is 11.5 Å². The van der Waals surface area contributed by atoms with Gasteiger partial charge in [0.25, 0.3) is 0 Å². The molecule has 0 unspecified atom stereocenters. The maximum Gasteiger partial charge on any atom is 0.141 e. The molecule has 0 radical (unpaired) electrons. The van der Waals surface area contributed by atoms with Gasteiger partial charge in [-0.3, -0.25) is 4.99 Å². The fourth-order valence-electron chi connectivity index (χ4n) is 3.04. The number of phenolic OH excluding ortho intramolecular Hbond substituents is 2. The molecule has 28 heavy (non-hydrogen) atoms. The van der Waals surface area contributed by atoms with Crippen LogP contribution in [0.2, 0.25) is 0 Å². The van der Waals surface area contributed by atoms with E-state index in [0.717, 1.165) is 24.0 Å². The van der Waals surface area contributed by atoms with Crippen molar-refractivity contribution in [3.8, 4) is 11.5 Å². The molecule has 4 heteroatoms. The molecule has 0 aliphatic rings. The standard InChI is InChI=1S/C24H24BrNO2/c1-3-16(2)19-9-10-22(23(27)14-19)26-15-20-12-18(13-21(25)24(20)28)11-17-7-5-4-6-8-17/h4-10,12-16,27-28H,3,11H2,1-2H3/t16-/m0/s1. The molecular weight excluding hydrogens is 414 g/mol. The van der Waals surface area contributed by atoms with E-state index in [0.29, 0.717) is 21.6 Å². The van der Waals surface area contributed by atoms with Crippen molar-refractivity contribution < 1.29 is 10.2 Å². The van der Waals surface area contributed by atoms with Crippen molar-refractivity contribution in [3.05, 3.63) is 87.4 Å². The Morgan fingerprint density at radius 2 is 1.75 bits per heavy atom. The van der Waals surface area contributed by atoms with Gasteiger partial charge in [-0.2, -0.15) is 0 Å². The Balaban J connectivity index is 1.87. The second kappa shape index (κ2) is 9.07. The Labute approximate surface area is 174 Å². The smallest absolute Gasteiger partial charge is 0.141 e. The topological polar surface area (TPSA) is 52.8 Å². The van der Waals surface area contributed by atoms with Crippen LogP contribution in [0.4, 0.5) is 5.69 Å². The molecule has 3 aromatic rings. The third kappa shape index (κ3) is 4.82. The first-order valence-corrected chi connectivity index (χ1v) is 10.2. The van der Waals surface area contributed by atoms with E-state index in [1.807, 2.05) is 42.5 Å². The van der Waals surface area contributed by atoms with Crippen LogP contribution in [-0.2, 0) is 6.42 Å². The van der Waals surface area contributed by atoms with E-state index in [-0.39, 0.29) is 11.5 Å². The molecule has 3 aromatic carbocycles. The number of hydrogen-bond acceptors (Lipinski definition) is 3. The summed E-state index contributed by atoms with van der Waals surface area (Å²) in [4.78, 5) is 4.40. The third-order valence-corrected chi connectivity index (χ3v) is 5.53. The lowest BCUT2D eigenvalue weighted by Gasteiger charge is -2.10. The quantitative estimate of drug-likeness (QED) is 0.420. The van der Waals surface area contributed by atoms with Crippen LogP contribution in [0.25, 0.3) is 0 Å². The van der Waals surface area contributed by atoms with Gasteiger partial charge in [-0.05, 0) is 75.6 Å². The highest BCUT2D eigenvalue weighted by Crippen LogP contribution is 2.33. The van der Waals surface area contributed by atoms with E-state index in [4.69, 9.17) is 0 Å². The summed E-state index contributed by atoms with van der Waals surface area (Å²) < 4.78 is 0.624. The van der Waals surface area contributed by atoms with Crippen molar-refractivity contribution in [3.63, 3.8) is 0 Å². The van der Waals surface area contributed by atoms with E-state index in [2.05, 4.69) is 46.9 Å². The predicted octanol–water partition coefficient (Wildman–Crippen LogP) is 6.72. The Morgan fingerprint density at radius 3 is 2.43 bits per heavy atom. The van der Waals surface area contributed by atoms with E-state index in [1.54, 1.807) is 12.3 Å². The third-order valence-electron chi connectivity index (χ3n) is 4.93. The minimum absolute atomic E-state index is 0.135. The fourth-order valence-corrected chi connectivity index (χ4v) is 3.56. The Hall–Kier alpha value is -2.59. The van der Waals surface area contributed by atoms with Gasteiger partial charge in [-0.15, -0.1) is 0 Å². The summed E-state index contributed by atoms with van der Waals surface area (Å²) in [7, 11) is 0. The number of rotatable bonds is 6. The van der Waals surface area contributed by atoms with E-state index in [9.17, 15) is 10.2 Å². The number of halogens is 1. The Bertz CT molecular complexity index is 983. The van der Waals surface area contributed by atoms with Crippen molar-refractivity contribution in [2.24, 2.45) is 4.99 Å². The molecule has 1 atom stereocenters. The SMILES string of the molecule is CC[C@H](C)c1ccc(N=Cc2cc(Cc3ccccc3)cc(Br)c2O)c(O)c1. The molecule has 0 saturated carbocycles. The number of nitrogens with zero attached hydrogens (tertiary/aromatic N) is 1. The average molecular weight is 438 g/mol. The molecule has 0 saturated heterocycles. The van der Waals surface area contributed by atoms with Gasteiger partial charge in [0.1, 0.15) is 17.2 Å². The van der Waals surface area contributed by atoms with Crippen LogP contribution in [0.3, 0.4) is 0 Å². The molecule has 0 bridgehead atoms. The normalized spacial score (nSPS) is 12.4. The van der Waals surface area contributed by atoms with Gasteiger partial charge < -0.3 is 10.2 Å². The minimum Gasteiger partial charge on any atom is -0.506 e. The molecule has 0 heterocycles. The lowest BCUT2D eigenvalue weighted by Crippen LogP contribution is -1.93. The average Bonchev–Trinajstić information content (AvgIpc) is 2.70.